The molecule has 0 aromatic heterocycles. The molecule has 7 heteroatoms. The van der Waals surface area contributed by atoms with Gasteiger partial charge in [-0.05, 0) is 0 Å². The molecule has 0 aliphatic carbocycles. The Morgan fingerprint density at radius 2 is 1.25 bits per heavy atom. The minimum atomic E-state index is -3.68. The van der Waals surface area contributed by atoms with Crippen LogP contribution in [0.4, 0.5) is 0 Å². The minimum absolute atomic E-state index is 0.875. The van der Waals surface area contributed by atoms with Crippen LogP contribution in [-0.2, 0) is 23.9 Å². The number of hydrogen-bond acceptors (Lipinski definition) is 5. The molecular formula is CH2O5S2. The van der Waals surface area contributed by atoms with Crippen molar-refractivity contribution in [3.63, 3.8) is 0 Å². The van der Waals surface area contributed by atoms with Crippen LogP contribution < -0.4 is 0 Å². The quantitative estimate of drug-likeness (QED) is 0.435. The molecule has 48 valence electrons. The summed E-state index contributed by atoms with van der Waals surface area (Å²) in [6, 6.07) is 0. The maximum absolute atomic E-state index is 9.90. The zero-order valence-electron chi connectivity index (χ0n) is 3.56. The van der Waals surface area contributed by atoms with Gasteiger partial charge in [-0.2, -0.15) is 16.8 Å². The first-order valence-corrected chi connectivity index (χ1v) is 4.73. The monoisotopic (exact) mass is 158 g/mol. The van der Waals surface area contributed by atoms with E-state index in [0.29, 0.717) is 0 Å². The van der Waals surface area contributed by atoms with Gasteiger partial charge in [0.2, 0.25) is 5.08 Å². The largest absolute Gasteiger partial charge is 0.298 e. The topological polar surface area (TPSA) is 77.5 Å². The lowest BCUT2D eigenvalue weighted by atomic mass is 11.9. The van der Waals surface area contributed by atoms with E-state index in [-0.39, 0.29) is 0 Å². The first-order chi connectivity index (χ1) is 3.41. The van der Waals surface area contributed by atoms with Crippen molar-refractivity contribution in [2.45, 2.75) is 0 Å². The molecule has 8 heavy (non-hydrogen) atoms. The van der Waals surface area contributed by atoms with Gasteiger partial charge in [0.25, 0.3) is 20.2 Å². The van der Waals surface area contributed by atoms with Crippen molar-refractivity contribution in [2.75, 3.05) is 5.08 Å². The van der Waals surface area contributed by atoms with Gasteiger partial charge in [-0.25, -0.2) is 0 Å². The fourth-order valence-electron chi connectivity index (χ4n) is 0.329. The minimum Gasteiger partial charge on any atom is -0.197 e. The van der Waals surface area contributed by atoms with Crippen molar-refractivity contribution < 1.29 is 20.5 Å². The third-order valence-electron chi connectivity index (χ3n) is 0.496. The highest BCUT2D eigenvalue weighted by Gasteiger charge is 2.39. The van der Waals surface area contributed by atoms with Crippen LogP contribution in [0, 0.1) is 0 Å². The van der Waals surface area contributed by atoms with Gasteiger partial charge in [-0.1, -0.05) is 0 Å². The molecule has 0 spiro atoms. The van der Waals surface area contributed by atoms with E-state index in [1.807, 2.05) is 0 Å². The molecule has 0 aromatic rings. The summed E-state index contributed by atoms with van der Waals surface area (Å²) in [7, 11) is -7.35. The van der Waals surface area contributed by atoms with E-state index in [9.17, 15) is 16.8 Å². The van der Waals surface area contributed by atoms with E-state index in [0.717, 1.165) is 0 Å². The molecule has 0 saturated carbocycles. The molecule has 0 radical (unpaired) electrons. The van der Waals surface area contributed by atoms with Gasteiger partial charge >= 0.3 is 0 Å². The van der Waals surface area contributed by atoms with E-state index < -0.39 is 25.3 Å². The molecule has 1 fully saturated rings. The maximum atomic E-state index is 9.90. The predicted molar refractivity (Wildman–Crippen MR) is 23.8 cm³/mol. The summed E-state index contributed by atoms with van der Waals surface area (Å²) < 4.78 is 43.1. The molecule has 0 atom stereocenters. The van der Waals surface area contributed by atoms with E-state index in [1.54, 1.807) is 0 Å². The second-order valence-corrected chi connectivity index (χ2v) is 5.02. The molecule has 1 heterocycles. The third kappa shape index (κ3) is 0.984. The fourth-order valence-corrected chi connectivity index (χ4v) is 2.96. The normalized spacial score (nSPS) is 31.0. The first-order valence-electron chi connectivity index (χ1n) is 1.58. The second kappa shape index (κ2) is 1.23. The molecular weight excluding hydrogens is 156 g/mol. The van der Waals surface area contributed by atoms with Crippen LogP contribution in [0.2, 0.25) is 0 Å². The van der Waals surface area contributed by atoms with Crippen LogP contribution in [0.5, 0.6) is 0 Å². The lowest BCUT2D eigenvalue weighted by Gasteiger charge is -2.11. The highest BCUT2D eigenvalue weighted by atomic mass is 32.4. The average Bonchev–Trinajstić information content (AvgIpc) is 1.20. The lowest BCUT2D eigenvalue weighted by molar-refractivity contribution is 0.443. The van der Waals surface area contributed by atoms with Crippen molar-refractivity contribution in [3.05, 3.63) is 0 Å². The molecule has 1 saturated heterocycles. The highest BCUT2D eigenvalue weighted by Crippen LogP contribution is 2.15. The smallest absolute Gasteiger partial charge is 0.197 e. The number of hydrogen-bond donors (Lipinski definition) is 0. The zero-order valence-corrected chi connectivity index (χ0v) is 5.20. The molecule has 0 amide bonds. The van der Waals surface area contributed by atoms with Gasteiger partial charge in [0.05, 0.1) is 0 Å². The third-order valence-corrected chi connectivity index (χ3v) is 4.46. The molecule has 5 nitrogen and oxygen atoms in total. The van der Waals surface area contributed by atoms with Gasteiger partial charge in [-0.3, -0.25) is 0 Å². The SMILES string of the molecule is O=S1(=O)CS(=O)(=O)O1. The second-order valence-electron chi connectivity index (χ2n) is 1.30. The summed E-state index contributed by atoms with van der Waals surface area (Å²) in [5.74, 6) is 0. The Labute approximate surface area is 46.5 Å². The van der Waals surface area contributed by atoms with E-state index in [1.165, 1.54) is 0 Å². The molecule has 1 aliphatic heterocycles. The Bertz CT molecular complexity index is 230. The highest BCUT2D eigenvalue weighted by molar-refractivity contribution is 8.16. The summed E-state index contributed by atoms with van der Waals surface area (Å²) in [5.41, 5.74) is 0. The van der Waals surface area contributed by atoms with Gasteiger partial charge in [0.15, 0.2) is 0 Å². The van der Waals surface area contributed by atoms with Crippen molar-refractivity contribution in [1.29, 1.82) is 0 Å². The Hall–Kier alpha value is -0.140. The van der Waals surface area contributed by atoms with Crippen LogP contribution in [-0.4, -0.2) is 21.9 Å². The first kappa shape index (κ1) is 5.99. The molecule has 0 aromatic carbocycles. The zero-order chi connectivity index (χ0) is 6.41. The molecule has 1 rings (SSSR count). The van der Waals surface area contributed by atoms with Gasteiger partial charge in [-0.15, -0.1) is 3.63 Å². The summed E-state index contributed by atoms with van der Waals surface area (Å²) in [4.78, 5) is 0. The summed E-state index contributed by atoms with van der Waals surface area (Å²) in [5, 5.41) is -0.875. The van der Waals surface area contributed by atoms with E-state index >= 15 is 0 Å². The summed E-state index contributed by atoms with van der Waals surface area (Å²) >= 11 is 0. The Kier molecular flexibility index (Phi) is 0.918. The Balaban J connectivity index is 3.00. The van der Waals surface area contributed by atoms with Crippen molar-refractivity contribution in [1.82, 2.24) is 0 Å². The fraction of sp³-hybridized carbons (Fsp3) is 1.00. The molecule has 0 unspecified atom stereocenters. The molecule has 1 aliphatic rings. The van der Waals surface area contributed by atoms with Crippen LogP contribution in [0.25, 0.3) is 0 Å². The van der Waals surface area contributed by atoms with Crippen molar-refractivity contribution in [2.24, 2.45) is 0 Å². The van der Waals surface area contributed by atoms with Crippen LogP contribution in [0.3, 0.4) is 0 Å². The van der Waals surface area contributed by atoms with Gasteiger partial charge in [0, 0.05) is 0 Å². The Morgan fingerprint density at radius 1 is 1.00 bits per heavy atom. The maximum Gasteiger partial charge on any atom is 0.298 e. The standard InChI is InChI=1S/CH2O5S2/c2-7(3)1-8(4,5)6-7/h1H2. The lowest BCUT2D eigenvalue weighted by Crippen LogP contribution is -2.33. The van der Waals surface area contributed by atoms with Gasteiger partial charge < -0.3 is 0 Å². The van der Waals surface area contributed by atoms with E-state index in [2.05, 4.69) is 3.63 Å². The van der Waals surface area contributed by atoms with Crippen LogP contribution in [0.15, 0.2) is 0 Å². The average molecular weight is 158 g/mol. The molecule has 0 N–H and O–H groups in total. The number of rotatable bonds is 0. The van der Waals surface area contributed by atoms with Crippen LogP contribution >= 0.6 is 0 Å². The van der Waals surface area contributed by atoms with Crippen molar-refractivity contribution >= 4 is 20.2 Å². The summed E-state index contributed by atoms with van der Waals surface area (Å²) in [6.45, 7) is 0. The Morgan fingerprint density at radius 3 is 1.25 bits per heavy atom. The van der Waals surface area contributed by atoms with Crippen molar-refractivity contribution in [3.8, 4) is 0 Å². The predicted octanol–water partition coefficient (Wildman–Crippen LogP) is -1.37. The van der Waals surface area contributed by atoms with Crippen LogP contribution in [0.1, 0.15) is 0 Å². The van der Waals surface area contributed by atoms with E-state index in [4.69, 9.17) is 0 Å². The summed E-state index contributed by atoms with van der Waals surface area (Å²) in [6.07, 6.45) is 0. The van der Waals surface area contributed by atoms with Gasteiger partial charge in [0.1, 0.15) is 0 Å². The molecule has 0 bridgehead atoms.